The Labute approximate surface area is 77.7 Å². The maximum atomic E-state index is 5.42. The van der Waals surface area contributed by atoms with Gasteiger partial charge in [0.05, 0.1) is 5.69 Å². The van der Waals surface area contributed by atoms with Crippen LogP contribution in [0.25, 0.3) is 0 Å². The standard InChI is InChI=1S/C10H14N2O/c1-7-6-13-10(11-7)12-4-2-3-8-5-9(8)12/h6,8-9H,2-5H2,1H3. The Hall–Kier alpha value is -0.990. The molecule has 3 nitrogen and oxygen atoms in total. The van der Waals surface area contributed by atoms with Gasteiger partial charge in [0.25, 0.3) is 6.01 Å². The molecule has 70 valence electrons. The zero-order chi connectivity index (χ0) is 8.84. The van der Waals surface area contributed by atoms with E-state index < -0.39 is 0 Å². The average molecular weight is 178 g/mol. The number of oxazole rings is 1. The van der Waals surface area contributed by atoms with E-state index in [4.69, 9.17) is 4.42 Å². The van der Waals surface area contributed by atoms with Gasteiger partial charge in [0, 0.05) is 12.6 Å². The molecule has 1 aliphatic carbocycles. The van der Waals surface area contributed by atoms with Gasteiger partial charge in [-0.3, -0.25) is 0 Å². The first kappa shape index (κ1) is 7.42. The van der Waals surface area contributed by atoms with Gasteiger partial charge in [-0.15, -0.1) is 0 Å². The van der Waals surface area contributed by atoms with Crippen LogP contribution in [0.15, 0.2) is 10.7 Å². The molecule has 3 heteroatoms. The number of nitrogens with zero attached hydrogens (tertiary/aromatic N) is 2. The Kier molecular flexibility index (Phi) is 1.43. The molecule has 0 bridgehead atoms. The van der Waals surface area contributed by atoms with Gasteiger partial charge in [-0.25, -0.2) is 0 Å². The molecular weight excluding hydrogens is 164 g/mol. The van der Waals surface area contributed by atoms with Crippen molar-refractivity contribution in [1.82, 2.24) is 4.98 Å². The van der Waals surface area contributed by atoms with Crippen LogP contribution in [0.2, 0.25) is 0 Å². The van der Waals surface area contributed by atoms with Gasteiger partial charge in [-0.2, -0.15) is 4.98 Å². The van der Waals surface area contributed by atoms with Crippen LogP contribution in [0.5, 0.6) is 0 Å². The summed E-state index contributed by atoms with van der Waals surface area (Å²) >= 11 is 0. The number of piperidine rings is 1. The minimum Gasteiger partial charge on any atom is -0.432 e. The Morgan fingerprint density at radius 2 is 2.54 bits per heavy atom. The molecule has 0 N–H and O–H groups in total. The first-order valence-electron chi connectivity index (χ1n) is 5.03. The van der Waals surface area contributed by atoms with Gasteiger partial charge in [0.2, 0.25) is 0 Å². The molecule has 0 radical (unpaired) electrons. The Balaban J connectivity index is 1.84. The van der Waals surface area contributed by atoms with E-state index in [9.17, 15) is 0 Å². The summed E-state index contributed by atoms with van der Waals surface area (Å²) in [6.45, 7) is 3.10. The predicted molar refractivity (Wildman–Crippen MR) is 49.7 cm³/mol. The van der Waals surface area contributed by atoms with E-state index in [0.29, 0.717) is 0 Å². The molecule has 3 rings (SSSR count). The molecule has 1 saturated heterocycles. The highest BCUT2D eigenvalue weighted by Crippen LogP contribution is 2.44. The van der Waals surface area contributed by atoms with Crippen molar-refractivity contribution in [3.05, 3.63) is 12.0 Å². The lowest BCUT2D eigenvalue weighted by molar-refractivity contribution is 0.484. The van der Waals surface area contributed by atoms with Gasteiger partial charge in [-0.1, -0.05) is 0 Å². The summed E-state index contributed by atoms with van der Waals surface area (Å²) in [6.07, 6.45) is 5.78. The smallest absolute Gasteiger partial charge is 0.297 e. The van der Waals surface area contributed by atoms with Crippen molar-refractivity contribution in [3.8, 4) is 0 Å². The quantitative estimate of drug-likeness (QED) is 0.658. The molecule has 2 aliphatic rings. The largest absolute Gasteiger partial charge is 0.432 e. The number of rotatable bonds is 1. The second-order valence-electron chi connectivity index (χ2n) is 4.17. The minimum atomic E-state index is 0.742. The van der Waals surface area contributed by atoms with Gasteiger partial charge in [0.15, 0.2) is 0 Å². The Morgan fingerprint density at radius 3 is 3.31 bits per heavy atom. The Bertz CT molecular complexity index is 320. The van der Waals surface area contributed by atoms with Crippen molar-refractivity contribution in [1.29, 1.82) is 0 Å². The van der Waals surface area contributed by atoms with Crippen LogP contribution in [0.3, 0.4) is 0 Å². The van der Waals surface area contributed by atoms with Gasteiger partial charge >= 0.3 is 0 Å². The van der Waals surface area contributed by atoms with Crippen LogP contribution in [0, 0.1) is 12.8 Å². The zero-order valence-electron chi connectivity index (χ0n) is 7.86. The zero-order valence-corrected chi connectivity index (χ0v) is 7.86. The lowest BCUT2D eigenvalue weighted by Crippen LogP contribution is -2.31. The molecule has 1 aromatic heterocycles. The van der Waals surface area contributed by atoms with E-state index in [2.05, 4.69) is 9.88 Å². The van der Waals surface area contributed by atoms with E-state index in [-0.39, 0.29) is 0 Å². The molecule has 2 unspecified atom stereocenters. The summed E-state index contributed by atoms with van der Waals surface area (Å²) in [5.41, 5.74) is 0.984. The highest BCUT2D eigenvalue weighted by atomic mass is 16.4. The number of aromatic nitrogens is 1. The van der Waals surface area contributed by atoms with Crippen molar-refractivity contribution in [3.63, 3.8) is 0 Å². The summed E-state index contributed by atoms with van der Waals surface area (Å²) in [5, 5.41) is 0. The predicted octanol–water partition coefficient (Wildman–Crippen LogP) is 1.97. The number of hydrogen-bond acceptors (Lipinski definition) is 3. The highest BCUT2D eigenvalue weighted by Gasteiger charge is 2.45. The van der Waals surface area contributed by atoms with Crippen LogP contribution < -0.4 is 4.90 Å². The molecule has 2 atom stereocenters. The normalized spacial score (nSPS) is 31.6. The third-order valence-corrected chi connectivity index (χ3v) is 3.11. The fourth-order valence-corrected chi connectivity index (χ4v) is 2.32. The van der Waals surface area contributed by atoms with E-state index in [1.165, 1.54) is 19.3 Å². The fraction of sp³-hybridized carbons (Fsp3) is 0.700. The first-order valence-corrected chi connectivity index (χ1v) is 5.03. The Morgan fingerprint density at radius 1 is 1.62 bits per heavy atom. The number of fused-ring (bicyclic) bond motifs is 1. The summed E-state index contributed by atoms with van der Waals surface area (Å²) in [6, 6.07) is 1.58. The van der Waals surface area contributed by atoms with Gasteiger partial charge < -0.3 is 9.32 Å². The van der Waals surface area contributed by atoms with Crippen LogP contribution in [0.4, 0.5) is 6.01 Å². The maximum Gasteiger partial charge on any atom is 0.297 e. The molecular formula is C10H14N2O. The van der Waals surface area contributed by atoms with Crippen molar-refractivity contribution in [2.75, 3.05) is 11.4 Å². The molecule has 13 heavy (non-hydrogen) atoms. The second kappa shape index (κ2) is 2.50. The van der Waals surface area contributed by atoms with Crippen molar-refractivity contribution in [2.24, 2.45) is 5.92 Å². The van der Waals surface area contributed by atoms with Crippen molar-refractivity contribution >= 4 is 6.01 Å². The topological polar surface area (TPSA) is 29.3 Å². The third-order valence-electron chi connectivity index (χ3n) is 3.11. The third kappa shape index (κ3) is 1.14. The lowest BCUT2D eigenvalue weighted by atomic mass is 10.1. The molecule has 0 aromatic carbocycles. The molecule has 0 amide bonds. The maximum absolute atomic E-state index is 5.42. The molecule has 1 aromatic rings. The van der Waals surface area contributed by atoms with E-state index >= 15 is 0 Å². The van der Waals surface area contributed by atoms with Crippen molar-refractivity contribution < 1.29 is 4.42 Å². The fourth-order valence-electron chi connectivity index (χ4n) is 2.32. The molecule has 2 heterocycles. The molecule has 2 fully saturated rings. The van der Waals surface area contributed by atoms with Gasteiger partial charge in [-0.05, 0) is 32.1 Å². The van der Waals surface area contributed by atoms with Crippen LogP contribution in [-0.2, 0) is 0 Å². The summed E-state index contributed by atoms with van der Waals surface area (Å²) in [7, 11) is 0. The van der Waals surface area contributed by atoms with Crippen LogP contribution in [-0.4, -0.2) is 17.6 Å². The van der Waals surface area contributed by atoms with E-state index in [1.54, 1.807) is 6.26 Å². The first-order chi connectivity index (χ1) is 6.34. The van der Waals surface area contributed by atoms with Crippen molar-refractivity contribution in [2.45, 2.75) is 32.2 Å². The number of aryl methyl sites for hydroxylation is 1. The van der Waals surface area contributed by atoms with E-state index in [1.807, 2.05) is 6.92 Å². The summed E-state index contributed by atoms with van der Waals surface area (Å²) in [5.74, 6) is 0.931. The average Bonchev–Trinajstić information content (AvgIpc) is 2.81. The number of hydrogen-bond donors (Lipinski definition) is 0. The molecule has 1 saturated carbocycles. The number of anilines is 1. The summed E-state index contributed by atoms with van der Waals surface area (Å²) in [4.78, 5) is 6.71. The van der Waals surface area contributed by atoms with Crippen LogP contribution in [0.1, 0.15) is 25.0 Å². The highest BCUT2D eigenvalue weighted by molar-refractivity contribution is 5.34. The molecule has 1 aliphatic heterocycles. The van der Waals surface area contributed by atoms with E-state index in [0.717, 1.165) is 30.2 Å². The monoisotopic (exact) mass is 178 g/mol. The second-order valence-corrected chi connectivity index (χ2v) is 4.17. The SMILES string of the molecule is Cc1coc(N2CCCC3CC32)n1. The minimum absolute atomic E-state index is 0.742. The summed E-state index contributed by atoms with van der Waals surface area (Å²) < 4.78 is 5.42. The van der Waals surface area contributed by atoms with Crippen LogP contribution >= 0.6 is 0 Å². The molecule has 0 spiro atoms. The lowest BCUT2D eigenvalue weighted by Gasteiger charge is -2.24. The van der Waals surface area contributed by atoms with Gasteiger partial charge in [0.1, 0.15) is 6.26 Å².